The SMILES string of the molecule is CCC(C)N1C(=O)CC(NCCC2CCCO2)C1=O. The number of nitrogens with one attached hydrogen (secondary N) is 1. The number of hydrogen-bond donors (Lipinski definition) is 1. The predicted molar refractivity (Wildman–Crippen MR) is 71.6 cm³/mol. The number of amides is 2. The van der Waals surface area contributed by atoms with E-state index in [4.69, 9.17) is 4.74 Å². The van der Waals surface area contributed by atoms with Crippen LogP contribution >= 0.6 is 0 Å². The van der Waals surface area contributed by atoms with Gasteiger partial charge in [0.15, 0.2) is 0 Å². The molecule has 0 saturated carbocycles. The number of imide groups is 1. The molecule has 3 unspecified atom stereocenters. The van der Waals surface area contributed by atoms with Gasteiger partial charge in [-0.15, -0.1) is 0 Å². The molecule has 2 amide bonds. The molecule has 2 saturated heterocycles. The molecule has 2 heterocycles. The summed E-state index contributed by atoms with van der Waals surface area (Å²) in [6, 6.07) is -0.326. The minimum atomic E-state index is -0.331. The van der Waals surface area contributed by atoms with Gasteiger partial charge in [0.05, 0.1) is 18.6 Å². The first-order valence-electron chi connectivity index (χ1n) is 7.34. The first-order valence-corrected chi connectivity index (χ1v) is 7.34. The first-order chi connectivity index (χ1) is 9.13. The molecule has 0 aliphatic carbocycles. The fourth-order valence-corrected chi connectivity index (χ4v) is 2.75. The lowest BCUT2D eigenvalue weighted by atomic mass is 10.1. The smallest absolute Gasteiger partial charge is 0.247 e. The summed E-state index contributed by atoms with van der Waals surface area (Å²) in [6.45, 7) is 5.50. The average molecular weight is 268 g/mol. The second-order valence-corrected chi connectivity index (χ2v) is 5.49. The number of carbonyl (C=O) groups excluding carboxylic acids is 2. The third-order valence-corrected chi connectivity index (χ3v) is 4.10. The zero-order chi connectivity index (χ0) is 13.8. The molecule has 0 aromatic rings. The minimum Gasteiger partial charge on any atom is -0.378 e. The molecule has 2 rings (SSSR count). The number of hydrogen-bond acceptors (Lipinski definition) is 4. The van der Waals surface area contributed by atoms with Gasteiger partial charge in [-0.2, -0.15) is 0 Å². The van der Waals surface area contributed by atoms with Crippen LogP contribution in [0.2, 0.25) is 0 Å². The summed E-state index contributed by atoms with van der Waals surface area (Å²) < 4.78 is 5.54. The zero-order valence-electron chi connectivity index (χ0n) is 11.9. The van der Waals surface area contributed by atoms with Crippen molar-refractivity contribution < 1.29 is 14.3 Å². The second-order valence-electron chi connectivity index (χ2n) is 5.49. The van der Waals surface area contributed by atoms with Gasteiger partial charge in [-0.3, -0.25) is 14.5 Å². The van der Waals surface area contributed by atoms with Gasteiger partial charge >= 0.3 is 0 Å². The molecule has 19 heavy (non-hydrogen) atoms. The Morgan fingerprint density at radius 1 is 1.47 bits per heavy atom. The van der Waals surface area contributed by atoms with Crippen LogP contribution in [0.4, 0.5) is 0 Å². The zero-order valence-corrected chi connectivity index (χ0v) is 11.9. The summed E-state index contributed by atoms with van der Waals surface area (Å²) in [6.07, 6.45) is 4.59. The van der Waals surface area contributed by atoms with Gasteiger partial charge in [-0.1, -0.05) is 6.92 Å². The van der Waals surface area contributed by atoms with Crippen LogP contribution < -0.4 is 5.32 Å². The van der Waals surface area contributed by atoms with Crippen molar-refractivity contribution in [1.29, 1.82) is 0 Å². The van der Waals surface area contributed by atoms with E-state index < -0.39 is 0 Å². The number of carbonyl (C=O) groups is 2. The molecule has 0 radical (unpaired) electrons. The van der Waals surface area contributed by atoms with Gasteiger partial charge in [0.2, 0.25) is 11.8 Å². The lowest BCUT2D eigenvalue weighted by molar-refractivity contribution is -0.141. The number of ether oxygens (including phenoxy) is 1. The quantitative estimate of drug-likeness (QED) is 0.732. The van der Waals surface area contributed by atoms with E-state index in [0.717, 1.165) is 38.8 Å². The van der Waals surface area contributed by atoms with Gasteiger partial charge in [-0.05, 0) is 39.2 Å². The first kappa shape index (κ1) is 14.5. The fourth-order valence-electron chi connectivity index (χ4n) is 2.75. The molecule has 5 nitrogen and oxygen atoms in total. The van der Waals surface area contributed by atoms with Crippen LogP contribution in [-0.4, -0.2) is 48.1 Å². The molecular formula is C14H24N2O3. The maximum atomic E-state index is 12.2. The standard InChI is InChI=1S/C14H24N2O3/c1-3-10(2)16-13(17)9-12(14(16)18)15-7-6-11-5-4-8-19-11/h10-12,15H,3-9H2,1-2H3. The summed E-state index contributed by atoms with van der Waals surface area (Å²) in [5, 5.41) is 3.21. The Morgan fingerprint density at radius 3 is 2.89 bits per heavy atom. The average Bonchev–Trinajstić information content (AvgIpc) is 2.98. The summed E-state index contributed by atoms with van der Waals surface area (Å²) in [5.41, 5.74) is 0. The summed E-state index contributed by atoms with van der Waals surface area (Å²) in [5.74, 6) is -0.111. The molecule has 2 aliphatic heterocycles. The summed E-state index contributed by atoms with van der Waals surface area (Å²) in [7, 11) is 0. The van der Waals surface area contributed by atoms with Crippen LogP contribution in [0.5, 0.6) is 0 Å². The van der Waals surface area contributed by atoms with Crippen molar-refractivity contribution >= 4 is 11.8 Å². The highest BCUT2D eigenvalue weighted by Gasteiger charge is 2.40. The second kappa shape index (κ2) is 6.48. The summed E-state index contributed by atoms with van der Waals surface area (Å²) >= 11 is 0. The van der Waals surface area contributed by atoms with E-state index in [0.29, 0.717) is 12.5 Å². The normalized spacial score (nSPS) is 29.3. The van der Waals surface area contributed by atoms with E-state index in [2.05, 4.69) is 5.32 Å². The number of nitrogens with zero attached hydrogens (tertiary/aromatic N) is 1. The van der Waals surface area contributed by atoms with Gasteiger partial charge in [-0.25, -0.2) is 0 Å². The molecule has 1 N–H and O–H groups in total. The van der Waals surface area contributed by atoms with Crippen molar-refractivity contribution in [1.82, 2.24) is 10.2 Å². The highest BCUT2D eigenvalue weighted by molar-refractivity contribution is 6.05. The van der Waals surface area contributed by atoms with E-state index in [1.54, 1.807) is 0 Å². The van der Waals surface area contributed by atoms with Gasteiger partial charge in [0.1, 0.15) is 0 Å². The maximum absolute atomic E-state index is 12.2. The Hall–Kier alpha value is -0.940. The van der Waals surface area contributed by atoms with Gasteiger partial charge in [0.25, 0.3) is 0 Å². The van der Waals surface area contributed by atoms with Crippen molar-refractivity contribution in [2.45, 2.75) is 64.1 Å². The van der Waals surface area contributed by atoms with Crippen LogP contribution in [0.15, 0.2) is 0 Å². The van der Waals surface area contributed by atoms with E-state index in [1.165, 1.54) is 4.90 Å². The lowest BCUT2D eigenvalue weighted by Crippen LogP contribution is -2.43. The maximum Gasteiger partial charge on any atom is 0.247 e. The van der Waals surface area contributed by atoms with Crippen LogP contribution in [0.3, 0.4) is 0 Å². The van der Waals surface area contributed by atoms with Crippen LogP contribution in [0.1, 0.15) is 46.0 Å². The Kier molecular flexibility index (Phi) is 4.93. The molecule has 3 atom stereocenters. The minimum absolute atomic E-state index is 0.00460. The molecule has 108 valence electrons. The van der Waals surface area contributed by atoms with E-state index in [-0.39, 0.29) is 23.9 Å². The summed E-state index contributed by atoms with van der Waals surface area (Å²) in [4.78, 5) is 25.4. The highest BCUT2D eigenvalue weighted by atomic mass is 16.5. The van der Waals surface area contributed by atoms with Crippen molar-refractivity contribution in [3.05, 3.63) is 0 Å². The third kappa shape index (κ3) is 3.34. The molecule has 5 heteroatoms. The van der Waals surface area contributed by atoms with Crippen LogP contribution in [0.25, 0.3) is 0 Å². The molecule has 0 aromatic carbocycles. The van der Waals surface area contributed by atoms with Crippen molar-refractivity contribution in [2.24, 2.45) is 0 Å². The van der Waals surface area contributed by atoms with E-state index >= 15 is 0 Å². The Bertz CT molecular complexity index is 340. The Balaban J connectivity index is 1.78. The van der Waals surface area contributed by atoms with Gasteiger partial charge in [0, 0.05) is 12.6 Å². The molecule has 0 spiro atoms. The van der Waals surface area contributed by atoms with Crippen molar-refractivity contribution in [3.8, 4) is 0 Å². The van der Waals surface area contributed by atoms with Crippen molar-refractivity contribution in [3.63, 3.8) is 0 Å². The lowest BCUT2D eigenvalue weighted by Gasteiger charge is -2.21. The molecule has 0 aromatic heterocycles. The number of rotatable bonds is 6. The molecular weight excluding hydrogens is 244 g/mol. The van der Waals surface area contributed by atoms with Gasteiger partial charge < -0.3 is 10.1 Å². The largest absolute Gasteiger partial charge is 0.378 e. The number of likely N-dealkylation sites (tertiary alicyclic amines) is 1. The third-order valence-electron chi connectivity index (χ3n) is 4.10. The highest BCUT2D eigenvalue weighted by Crippen LogP contribution is 2.19. The molecule has 2 fully saturated rings. The Morgan fingerprint density at radius 2 is 2.26 bits per heavy atom. The van der Waals surface area contributed by atoms with Crippen molar-refractivity contribution in [2.75, 3.05) is 13.2 Å². The van der Waals surface area contributed by atoms with Crippen LogP contribution in [-0.2, 0) is 14.3 Å². The fraction of sp³-hybridized carbons (Fsp3) is 0.857. The monoisotopic (exact) mass is 268 g/mol. The Labute approximate surface area is 114 Å². The predicted octanol–water partition coefficient (Wildman–Crippen LogP) is 1.07. The molecule has 0 bridgehead atoms. The van der Waals surface area contributed by atoms with E-state index in [9.17, 15) is 9.59 Å². The topological polar surface area (TPSA) is 58.6 Å². The van der Waals surface area contributed by atoms with E-state index in [1.807, 2.05) is 13.8 Å². The molecule has 2 aliphatic rings. The van der Waals surface area contributed by atoms with Crippen LogP contribution in [0, 0.1) is 0 Å².